The smallest absolute Gasteiger partial charge is 0.416 e. The number of alkyl halides is 3. The lowest BCUT2D eigenvalue weighted by Gasteiger charge is -2.18. The van der Waals surface area contributed by atoms with E-state index in [1.165, 1.54) is 0 Å². The van der Waals surface area contributed by atoms with E-state index < -0.39 is 24.3 Å². The van der Waals surface area contributed by atoms with Crippen LogP contribution in [0.1, 0.15) is 34.3 Å². The summed E-state index contributed by atoms with van der Waals surface area (Å²) < 4.78 is 44.7. The topological polar surface area (TPSA) is 66.8 Å². The maximum atomic E-state index is 13.2. The highest BCUT2D eigenvalue weighted by Crippen LogP contribution is 2.38. The number of nitrogens with zero attached hydrogens (tertiary/aromatic N) is 1. The predicted molar refractivity (Wildman–Crippen MR) is 99.9 cm³/mol. The number of ether oxygens (including phenoxy) is 1. The van der Waals surface area contributed by atoms with Crippen molar-refractivity contribution in [2.75, 3.05) is 19.7 Å². The average Bonchev–Trinajstić information content (AvgIpc) is 3.19. The molecule has 0 aromatic heterocycles. The maximum absolute atomic E-state index is 13.2. The molecule has 0 saturated carbocycles. The third-order valence-electron chi connectivity index (χ3n) is 4.82. The molecule has 0 unspecified atom stereocenters. The number of carbonyl (C=O) groups excluding carboxylic acids is 1. The molecular weight excluding hydrogens is 387 g/mol. The van der Waals surface area contributed by atoms with Crippen LogP contribution in [0.4, 0.5) is 13.2 Å². The van der Waals surface area contributed by atoms with Crippen LogP contribution in [0.25, 0.3) is 11.1 Å². The lowest BCUT2D eigenvalue weighted by molar-refractivity contribution is -0.140. The zero-order valence-corrected chi connectivity index (χ0v) is 15.8. The number of hydrogen-bond donors (Lipinski definition) is 1. The van der Waals surface area contributed by atoms with E-state index in [2.05, 4.69) is 0 Å². The summed E-state index contributed by atoms with van der Waals surface area (Å²) in [7, 11) is 0. The summed E-state index contributed by atoms with van der Waals surface area (Å²) in [6.45, 7) is 2.43. The molecule has 3 rings (SSSR count). The van der Waals surface area contributed by atoms with Gasteiger partial charge >= 0.3 is 12.1 Å². The molecule has 5 nitrogen and oxygen atoms in total. The van der Waals surface area contributed by atoms with Gasteiger partial charge in [0.25, 0.3) is 5.91 Å². The first-order chi connectivity index (χ1) is 13.7. The van der Waals surface area contributed by atoms with Crippen molar-refractivity contribution in [2.45, 2.75) is 25.9 Å². The normalized spacial score (nSPS) is 14.1. The van der Waals surface area contributed by atoms with Crippen molar-refractivity contribution in [3.05, 3.63) is 53.1 Å². The SMILES string of the molecule is Cc1cc(-c2cc(C(F)(F)F)ccc2OCC(=O)O)ccc1C(=O)N1CCCC1. The Hall–Kier alpha value is -3.03. The number of aliphatic carboxylic acids is 1. The fourth-order valence-electron chi connectivity index (χ4n) is 3.36. The Morgan fingerprint density at radius 3 is 2.38 bits per heavy atom. The van der Waals surface area contributed by atoms with Gasteiger partial charge in [0, 0.05) is 24.2 Å². The van der Waals surface area contributed by atoms with Gasteiger partial charge in [-0.25, -0.2) is 4.79 Å². The molecule has 1 amide bonds. The van der Waals surface area contributed by atoms with Gasteiger partial charge < -0.3 is 14.7 Å². The summed E-state index contributed by atoms with van der Waals surface area (Å²) in [6, 6.07) is 7.64. The van der Waals surface area contributed by atoms with Gasteiger partial charge in [-0.2, -0.15) is 13.2 Å². The third kappa shape index (κ3) is 4.70. The molecule has 0 spiro atoms. The summed E-state index contributed by atoms with van der Waals surface area (Å²) >= 11 is 0. The highest BCUT2D eigenvalue weighted by atomic mass is 19.4. The molecule has 29 heavy (non-hydrogen) atoms. The molecule has 2 aromatic carbocycles. The summed E-state index contributed by atoms with van der Waals surface area (Å²) in [5.74, 6) is -1.31. The molecule has 0 aliphatic carbocycles. The van der Waals surface area contributed by atoms with Crippen LogP contribution in [-0.2, 0) is 11.0 Å². The van der Waals surface area contributed by atoms with E-state index in [4.69, 9.17) is 9.84 Å². The van der Waals surface area contributed by atoms with E-state index >= 15 is 0 Å². The van der Waals surface area contributed by atoms with Crippen LogP contribution < -0.4 is 4.74 Å². The van der Waals surface area contributed by atoms with Gasteiger partial charge in [0.15, 0.2) is 6.61 Å². The first-order valence-electron chi connectivity index (χ1n) is 9.13. The van der Waals surface area contributed by atoms with Crippen LogP contribution in [0.2, 0.25) is 0 Å². The number of likely N-dealkylation sites (tertiary alicyclic amines) is 1. The van der Waals surface area contributed by atoms with Crippen molar-refractivity contribution in [3.8, 4) is 16.9 Å². The molecule has 1 N–H and O–H groups in total. The zero-order valence-electron chi connectivity index (χ0n) is 15.8. The molecule has 2 aromatic rings. The van der Waals surface area contributed by atoms with Gasteiger partial charge in [0.2, 0.25) is 0 Å². The van der Waals surface area contributed by atoms with Crippen LogP contribution in [0.3, 0.4) is 0 Å². The first-order valence-corrected chi connectivity index (χ1v) is 9.13. The molecule has 1 aliphatic heterocycles. The highest BCUT2D eigenvalue weighted by Gasteiger charge is 2.31. The lowest BCUT2D eigenvalue weighted by Crippen LogP contribution is -2.28. The Labute approximate surface area is 165 Å². The van der Waals surface area contributed by atoms with E-state index in [0.29, 0.717) is 29.8 Å². The summed E-state index contributed by atoms with van der Waals surface area (Å²) in [4.78, 5) is 25.2. The number of halogens is 3. The van der Waals surface area contributed by atoms with Crippen LogP contribution in [0.5, 0.6) is 5.75 Å². The lowest BCUT2D eigenvalue weighted by atomic mass is 9.97. The minimum absolute atomic E-state index is 0.0263. The summed E-state index contributed by atoms with van der Waals surface area (Å²) in [5, 5.41) is 8.82. The van der Waals surface area contributed by atoms with Crippen molar-refractivity contribution in [3.63, 3.8) is 0 Å². The molecule has 0 atom stereocenters. The van der Waals surface area contributed by atoms with Crippen molar-refractivity contribution >= 4 is 11.9 Å². The number of carboxylic acids is 1. The molecular formula is C21H20F3NO4. The van der Waals surface area contributed by atoms with Gasteiger partial charge in [0.1, 0.15) is 5.75 Å². The van der Waals surface area contributed by atoms with Gasteiger partial charge in [-0.15, -0.1) is 0 Å². The molecule has 1 aliphatic rings. The Morgan fingerprint density at radius 1 is 1.10 bits per heavy atom. The van der Waals surface area contributed by atoms with E-state index in [1.54, 1.807) is 30.0 Å². The Balaban J connectivity index is 2.00. The number of benzene rings is 2. The van der Waals surface area contributed by atoms with Crippen molar-refractivity contribution in [2.24, 2.45) is 0 Å². The van der Waals surface area contributed by atoms with E-state index in [9.17, 15) is 22.8 Å². The number of aryl methyl sites for hydroxylation is 1. The second kappa shape index (κ2) is 8.14. The van der Waals surface area contributed by atoms with Crippen LogP contribution in [0, 0.1) is 6.92 Å². The summed E-state index contributed by atoms with van der Waals surface area (Å²) in [6.07, 6.45) is -2.64. The Kier molecular flexibility index (Phi) is 5.81. The van der Waals surface area contributed by atoms with Crippen LogP contribution >= 0.6 is 0 Å². The number of carboxylic acid groups (broad SMARTS) is 1. The van der Waals surface area contributed by atoms with Gasteiger partial charge in [0.05, 0.1) is 5.56 Å². The first kappa shape index (κ1) is 20.7. The Bertz CT molecular complexity index is 934. The van der Waals surface area contributed by atoms with Crippen molar-refractivity contribution < 1.29 is 32.6 Å². The molecule has 0 radical (unpaired) electrons. The van der Waals surface area contributed by atoms with Crippen LogP contribution in [0.15, 0.2) is 36.4 Å². The second-order valence-corrected chi connectivity index (χ2v) is 6.92. The molecule has 154 valence electrons. The quantitative estimate of drug-likeness (QED) is 0.799. The van der Waals surface area contributed by atoms with Gasteiger partial charge in [-0.3, -0.25) is 4.79 Å². The molecule has 1 fully saturated rings. The number of hydrogen-bond acceptors (Lipinski definition) is 3. The highest BCUT2D eigenvalue weighted by molar-refractivity contribution is 5.96. The molecule has 0 bridgehead atoms. The zero-order chi connectivity index (χ0) is 21.2. The number of carbonyl (C=O) groups is 2. The standard InChI is InChI=1S/C21H20F3NO4/c1-13-10-14(4-6-16(13)20(28)25-8-2-3-9-25)17-11-15(21(22,23)24)5-7-18(17)29-12-19(26)27/h4-7,10-11H,2-3,8-9,12H2,1H3,(H,26,27). The van der Waals surface area contributed by atoms with E-state index in [0.717, 1.165) is 31.0 Å². The number of amides is 1. The minimum atomic E-state index is -4.55. The Morgan fingerprint density at radius 2 is 1.79 bits per heavy atom. The average molecular weight is 407 g/mol. The van der Waals surface area contributed by atoms with Crippen molar-refractivity contribution in [1.82, 2.24) is 4.90 Å². The number of rotatable bonds is 5. The third-order valence-corrected chi connectivity index (χ3v) is 4.82. The fourth-order valence-corrected chi connectivity index (χ4v) is 3.36. The largest absolute Gasteiger partial charge is 0.481 e. The second-order valence-electron chi connectivity index (χ2n) is 6.92. The predicted octanol–water partition coefficient (Wildman–Crippen LogP) is 4.38. The summed E-state index contributed by atoms with van der Waals surface area (Å²) in [5.41, 5.74) is 0.776. The monoisotopic (exact) mass is 407 g/mol. The van der Waals surface area contributed by atoms with Gasteiger partial charge in [-0.1, -0.05) is 12.1 Å². The van der Waals surface area contributed by atoms with E-state index in [1.807, 2.05) is 0 Å². The van der Waals surface area contributed by atoms with Crippen LogP contribution in [-0.4, -0.2) is 41.6 Å². The van der Waals surface area contributed by atoms with Crippen molar-refractivity contribution in [1.29, 1.82) is 0 Å². The van der Waals surface area contributed by atoms with Gasteiger partial charge in [-0.05, 0) is 55.2 Å². The van der Waals surface area contributed by atoms with E-state index in [-0.39, 0.29) is 17.2 Å². The maximum Gasteiger partial charge on any atom is 0.416 e. The molecule has 8 heteroatoms. The minimum Gasteiger partial charge on any atom is -0.481 e. The fraction of sp³-hybridized carbons (Fsp3) is 0.333. The molecule has 1 saturated heterocycles. The molecule has 1 heterocycles.